The van der Waals surface area contributed by atoms with Crippen LogP contribution in [-0.2, 0) is 9.59 Å². The van der Waals surface area contributed by atoms with Crippen LogP contribution in [0.4, 0.5) is 11.4 Å². The fraction of sp³-hybridized carbons (Fsp3) is 0.619. The van der Waals surface area contributed by atoms with Gasteiger partial charge in [0.15, 0.2) is 6.10 Å². The van der Waals surface area contributed by atoms with Crippen LogP contribution < -0.4 is 15.4 Å². The molecule has 2 amide bonds. The van der Waals surface area contributed by atoms with Gasteiger partial charge in [-0.05, 0) is 80.9 Å². The number of nitrogens with one attached hydrogen (secondary N) is 2. The second-order valence-corrected chi connectivity index (χ2v) is 11.0. The molecule has 6 rings (SSSR count). The number of carbonyl (C=O) groups is 2. The van der Waals surface area contributed by atoms with Gasteiger partial charge in [-0.1, -0.05) is 15.9 Å². The maximum atomic E-state index is 12.8. The predicted molar refractivity (Wildman–Crippen MR) is 107 cm³/mol. The van der Waals surface area contributed by atoms with E-state index in [9.17, 15) is 9.59 Å². The molecule has 2 N–H and O–H groups in total. The minimum Gasteiger partial charge on any atom is -0.479 e. The molecule has 6 heteroatoms. The zero-order chi connectivity index (χ0) is 18.8. The number of fused-ring (bicyclic) bond motifs is 1. The second-order valence-electron chi connectivity index (χ2n) is 9.30. The van der Waals surface area contributed by atoms with Crippen LogP contribution in [0.5, 0.6) is 5.75 Å². The van der Waals surface area contributed by atoms with E-state index in [0.29, 0.717) is 23.5 Å². The molecule has 3 unspecified atom stereocenters. The molecule has 0 spiro atoms. The van der Waals surface area contributed by atoms with Gasteiger partial charge in [-0.25, -0.2) is 0 Å². The topological polar surface area (TPSA) is 67.4 Å². The number of ether oxygens (including phenoxy) is 1. The molecule has 5 nitrogen and oxygen atoms in total. The Morgan fingerprint density at radius 3 is 2.74 bits per heavy atom. The van der Waals surface area contributed by atoms with Crippen molar-refractivity contribution in [3.8, 4) is 5.75 Å². The van der Waals surface area contributed by atoms with Crippen molar-refractivity contribution in [3.05, 3.63) is 18.2 Å². The molecule has 1 aromatic rings. The zero-order valence-corrected chi connectivity index (χ0v) is 17.1. The summed E-state index contributed by atoms with van der Waals surface area (Å²) in [6.45, 7) is 1.72. The summed E-state index contributed by atoms with van der Waals surface area (Å²) < 4.78 is 5.84. The van der Waals surface area contributed by atoms with Crippen LogP contribution in [-0.4, -0.2) is 22.2 Å². The third kappa shape index (κ3) is 3.16. The van der Waals surface area contributed by atoms with E-state index in [1.54, 1.807) is 19.1 Å². The molecule has 4 bridgehead atoms. The summed E-state index contributed by atoms with van der Waals surface area (Å²) >= 11 is 4.02. The average molecular weight is 433 g/mol. The van der Waals surface area contributed by atoms with Crippen LogP contribution in [0.2, 0.25) is 0 Å². The van der Waals surface area contributed by atoms with E-state index in [4.69, 9.17) is 4.74 Å². The quantitative estimate of drug-likeness (QED) is 0.692. The van der Waals surface area contributed by atoms with Crippen LogP contribution in [0.15, 0.2) is 18.2 Å². The van der Waals surface area contributed by atoms with Crippen LogP contribution in [0.3, 0.4) is 0 Å². The van der Waals surface area contributed by atoms with Gasteiger partial charge in [0.1, 0.15) is 5.75 Å². The van der Waals surface area contributed by atoms with Gasteiger partial charge in [0.2, 0.25) is 5.91 Å². The fourth-order valence-electron chi connectivity index (χ4n) is 6.38. The number of hydrogen-bond acceptors (Lipinski definition) is 3. The maximum Gasteiger partial charge on any atom is 0.265 e. The van der Waals surface area contributed by atoms with Gasteiger partial charge in [0, 0.05) is 16.4 Å². The molecule has 144 valence electrons. The smallest absolute Gasteiger partial charge is 0.265 e. The average Bonchev–Trinajstić information content (AvgIpc) is 2.53. The highest BCUT2D eigenvalue weighted by Crippen LogP contribution is 2.65. The maximum absolute atomic E-state index is 12.8. The Morgan fingerprint density at radius 1 is 1.30 bits per heavy atom. The van der Waals surface area contributed by atoms with E-state index in [1.807, 2.05) is 6.07 Å². The lowest BCUT2D eigenvalue weighted by Gasteiger charge is -2.60. The number of alkyl halides is 1. The standard InChI is InChI=1S/C21H25BrN2O3/c1-12-19(26)24-16-5-15(2-3-17(16)27-12)23-18(25)10-20-6-13-4-14(7-20)9-21(22,8-13)11-20/h2-3,5,12-14H,4,6-11H2,1H3,(H,23,25)(H,24,26). The monoisotopic (exact) mass is 432 g/mol. The molecule has 1 aromatic carbocycles. The summed E-state index contributed by atoms with van der Waals surface area (Å²) in [4.78, 5) is 24.6. The molecule has 5 aliphatic rings. The molecule has 0 aromatic heterocycles. The van der Waals surface area contributed by atoms with E-state index in [1.165, 1.54) is 32.1 Å². The van der Waals surface area contributed by atoms with Gasteiger partial charge < -0.3 is 15.4 Å². The van der Waals surface area contributed by atoms with Gasteiger partial charge >= 0.3 is 0 Å². The van der Waals surface area contributed by atoms with Gasteiger partial charge in [0.25, 0.3) is 5.91 Å². The molecule has 4 fully saturated rings. The molecule has 4 saturated carbocycles. The van der Waals surface area contributed by atoms with E-state index in [-0.39, 0.29) is 21.6 Å². The van der Waals surface area contributed by atoms with Crippen LogP contribution in [0.1, 0.15) is 51.9 Å². The second kappa shape index (κ2) is 5.97. The molecule has 0 saturated heterocycles. The number of anilines is 2. The summed E-state index contributed by atoms with van der Waals surface area (Å²) in [6.07, 6.45) is 7.49. The lowest BCUT2D eigenvalue weighted by Crippen LogP contribution is -2.53. The summed E-state index contributed by atoms with van der Waals surface area (Å²) in [5.41, 5.74) is 1.47. The number of hydrogen-bond donors (Lipinski definition) is 2. The highest BCUT2D eigenvalue weighted by atomic mass is 79.9. The van der Waals surface area contributed by atoms with Gasteiger partial charge in [0.05, 0.1) is 5.69 Å². The van der Waals surface area contributed by atoms with Gasteiger partial charge in [-0.2, -0.15) is 0 Å². The lowest BCUT2D eigenvalue weighted by atomic mass is 9.48. The van der Waals surface area contributed by atoms with Crippen LogP contribution in [0.25, 0.3) is 0 Å². The number of benzene rings is 1. The molecule has 0 radical (unpaired) electrons. The van der Waals surface area contributed by atoms with Crippen molar-refractivity contribution in [1.82, 2.24) is 0 Å². The van der Waals surface area contributed by atoms with Crippen molar-refractivity contribution in [2.75, 3.05) is 10.6 Å². The molecular formula is C21H25BrN2O3. The first-order valence-corrected chi connectivity index (χ1v) is 10.7. The van der Waals surface area contributed by atoms with E-state index in [0.717, 1.165) is 18.3 Å². The molecule has 1 heterocycles. The van der Waals surface area contributed by atoms with Crippen molar-refractivity contribution < 1.29 is 14.3 Å². The Labute approximate surface area is 167 Å². The van der Waals surface area contributed by atoms with Gasteiger partial charge in [-0.3, -0.25) is 9.59 Å². The zero-order valence-electron chi connectivity index (χ0n) is 15.5. The molecule has 1 aliphatic heterocycles. The third-order valence-corrected chi connectivity index (χ3v) is 7.77. The minimum atomic E-state index is -0.495. The summed E-state index contributed by atoms with van der Waals surface area (Å²) in [7, 11) is 0. The first-order valence-electron chi connectivity index (χ1n) is 9.92. The largest absolute Gasteiger partial charge is 0.479 e. The predicted octanol–water partition coefficient (Wildman–Crippen LogP) is 4.47. The first-order chi connectivity index (χ1) is 12.8. The van der Waals surface area contributed by atoms with E-state index >= 15 is 0 Å². The summed E-state index contributed by atoms with van der Waals surface area (Å²) in [5, 5.41) is 5.88. The molecule has 3 atom stereocenters. The lowest BCUT2D eigenvalue weighted by molar-refractivity contribution is -0.123. The molecular weight excluding hydrogens is 408 g/mol. The van der Waals surface area contributed by atoms with Crippen molar-refractivity contribution in [2.24, 2.45) is 17.3 Å². The fourth-order valence-corrected chi connectivity index (χ4v) is 7.89. The highest BCUT2D eigenvalue weighted by molar-refractivity contribution is 9.10. The van der Waals surface area contributed by atoms with Crippen molar-refractivity contribution >= 4 is 39.1 Å². The third-order valence-electron chi connectivity index (χ3n) is 6.84. The van der Waals surface area contributed by atoms with Crippen LogP contribution in [0, 0.1) is 17.3 Å². The highest BCUT2D eigenvalue weighted by Gasteiger charge is 2.57. The molecule has 27 heavy (non-hydrogen) atoms. The van der Waals surface area contributed by atoms with Crippen molar-refractivity contribution in [3.63, 3.8) is 0 Å². The normalized spacial score (nSPS) is 38.7. The van der Waals surface area contributed by atoms with Crippen molar-refractivity contribution in [2.45, 2.75) is 62.3 Å². The van der Waals surface area contributed by atoms with E-state index < -0.39 is 6.10 Å². The summed E-state index contributed by atoms with van der Waals surface area (Å²) in [6, 6.07) is 5.42. The Morgan fingerprint density at radius 2 is 2.04 bits per heavy atom. The summed E-state index contributed by atoms with van der Waals surface area (Å²) in [5.74, 6) is 2.10. The van der Waals surface area contributed by atoms with Crippen LogP contribution >= 0.6 is 15.9 Å². The Balaban J connectivity index is 1.29. The minimum absolute atomic E-state index is 0.0735. The molecule has 4 aliphatic carbocycles. The van der Waals surface area contributed by atoms with Crippen molar-refractivity contribution in [1.29, 1.82) is 0 Å². The van der Waals surface area contributed by atoms with E-state index in [2.05, 4.69) is 26.6 Å². The van der Waals surface area contributed by atoms with Gasteiger partial charge in [-0.15, -0.1) is 0 Å². The number of amides is 2. The Hall–Kier alpha value is -1.56. The number of carbonyl (C=O) groups excluding carboxylic acids is 2. The Kier molecular flexibility index (Phi) is 3.87. The SMILES string of the molecule is CC1Oc2ccc(NC(=O)CC34CC5CC(CC(Br)(C5)C3)C4)cc2NC1=O. The number of halogens is 1. The first kappa shape index (κ1) is 17.5. The number of rotatable bonds is 3. The Bertz CT molecular complexity index is 810.